The number of halogens is 1. The highest BCUT2D eigenvalue weighted by molar-refractivity contribution is 7.15. The zero-order valence-corrected chi connectivity index (χ0v) is 15.9. The molecule has 0 fully saturated rings. The summed E-state index contributed by atoms with van der Waals surface area (Å²) in [4.78, 5) is 17.6. The van der Waals surface area contributed by atoms with E-state index >= 15 is 0 Å². The summed E-state index contributed by atoms with van der Waals surface area (Å²) in [6, 6.07) is 17.1. The predicted octanol–water partition coefficient (Wildman–Crippen LogP) is 4.18. The highest BCUT2D eigenvalue weighted by atomic mass is 32.1. The molecule has 0 saturated heterocycles. The first kappa shape index (κ1) is 18.5. The van der Waals surface area contributed by atoms with Crippen molar-refractivity contribution >= 4 is 22.4 Å². The van der Waals surface area contributed by atoms with Crippen LogP contribution in [0.4, 0.5) is 9.52 Å². The number of aromatic nitrogens is 3. The van der Waals surface area contributed by atoms with Gasteiger partial charge in [0.05, 0.1) is 11.6 Å². The van der Waals surface area contributed by atoms with E-state index in [2.05, 4.69) is 21.5 Å². The fourth-order valence-corrected chi connectivity index (χ4v) is 3.56. The minimum atomic E-state index is -0.421. The summed E-state index contributed by atoms with van der Waals surface area (Å²) in [5.74, 6) is -0.839. The largest absolute Gasteiger partial charge is 0.296 e. The van der Waals surface area contributed by atoms with Crippen molar-refractivity contribution in [2.45, 2.75) is 6.42 Å². The Morgan fingerprint density at radius 3 is 2.72 bits per heavy atom. The van der Waals surface area contributed by atoms with Gasteiger partial charge in [0.1, 0.15) is 11.5 Å². The van der Waals surface area contributed by atoms with Crippen LogP contribution in [0.25, 0.3) is 5.69 Å². The molecular formula is C21H14FN5OS. The van der Waals surface area contributed by atoms with E-state index in [0.717, 1.165) is 10.4 Å². The van der Waals surface area contributed by atoms with Crippen molar-refractivity contribution in [2.24, 2.45) is 0 Å². The normalized spacial score (nSPS) is 10.5. The Morgan fingerprint density at radius 1 is 1.17 bits per heavy atom. The first-order valence-electron chi connectivity index (χ1n) is 8.68. The highest BCUT2D eigenvalue weighted by Gasteiger charge is 2.14. The molecule has 0 aliphatic rings. The lowest BCUT2D eigenvalue weighted by atomic mass is 10.1. The number of nitrogens with zero attached hydrogens (tertiary/aromatic N) is 4. The van der Waals surface area contributed by atoms with Gasteiger partial charge in [0, 0.05) is 23.7 Å². The van der Waals surface area contributed by atoms with Crippen LogP contribution >= 0.6 is 11.3 Å². The van der Waals surface area contributed by atoms with E-state index in [9.17, 15) is 9.18 Å². The van der Waals surface area contributed by atoms with Gasteiger partial charge in [-0.3, -0.25) is 10.1 Å². The smallest absolute Gasteiger partial charge is 0.277 e. The maximum atomic E-state index is 13.9. The van der Waals surface area contributed by atoms with Gasteiger partial charge in [0.15, 0.2) is 10.8 Å². The van der Waals surface area contributed by atoms with E-state index in [4.69, 9.17) is 5.26 Å². The summed E-state index contributed by atoms with van der Waals surface area (Å²) in [6.07, 6.45) is 3.89. The molecule has 4 rings (SSSR count). The van der Waals surface area contributed by atoms with Crippen LogP contribution in [-0.4, -0.2) is 20.7 Å². The molecule has 0 aliphatic carbocycles. The van der Waals surface area contributed by atoms with Gasteiger partial charge in [0.25, 0.3) is 5.91 Å². The highest BCUT2D eigenvalue weighted by Crippen LogP contribution is 2.22. The summed E-state index contributed by atoms with van der Waals surface area (Å²) >= 11 is 1.36. The Balaban J connectivity index is 1.43. The Morgan fingerprint density at radius 2 is 1.97 bits per heavy atom. The van der Waals surface area contributed by atoms with Crippen molar-refractivity contribution in [2.75, 3.05) is 5.32 Å². The zero-order chi connectivity index (χ0) is 20.2. The van der Waals surface area contributed by atoms with E-state index < -0.39 is 11.7 Å². The number of thiazole rings is 1. The number of para-hydroxylation sites is 1. The van der Waals surface area contributed by atoms with Gasteiger partial charge in [0.2, 0.25) is 0 Å². The summed E-state index contributed by atoms with van der Waals surface area (Å²) in [6.45, 7) is 0. The quantitative estimate of drug-likeness (QED) is 0.542. The van der Waals surface area contributed by atoms with E-state index in [1.165, 1.54) is 34.3 Å². The topological polar surface area (TPSA) is 83.6 Å². The third-order valence-corrected chi connectivity index (χ3v) is 5.07. The summed E-state index contributed by atoms with van der Waals surface area (Å²) < 4.78 is 15.2. The van der Waals surface area contributed by atoms with Crippen LogP contribution in [0.1, 0.15) is 26.5 Å². The molecule has 2 heterocycles. The monoisotopic (exact) mass is 403 g/mol. The average molecular weight is 403 g/mol. The Bertz CT molecular complexity index is 1210. The second kappa shape index (κ2) is 8.04. The third-order valence-electron chi connectivity index (χ3n) is 4.16. The Hall–Kier alpha value is -3.83. The molecule has 1 N–H and O–H groups in total. The minimum absolute atomic E-state index is 0.164. The maximum Gasteiger partial charge on any atom is 0.277 e. The molecule has 6 nitrogen and oxygen atoms in total. The number of hydrogen-bond acceptors (Lipinski definition) is 5. The van der Waals surface area contributed by atoms with Gasteiger partial charge in [-0.05, 0) is 35.9 Å². The van der Waals surface area contributed by atoms with Gasteiger partial charge in [-0.2, -0.15) is 10.4 Å². The second-order valence-corrected chi connectivity index (χ2v) is 7.28. The standard InChI is InChI=1S/C21H14FN5OS/c22-17-3-1-2-4-19(17)27-10-9-18(26-27)20(28)25-21-24-13-16(29-21)11-14-5-7-15(12-23)8-6-14/h1-10,13H,11H2,(H,24,25,28). The number of rotatable bonds is 5. The number of carbonyl (C=O) groups is 1. The van der Waals surface area contributed by atoms with Crippen molar-refractivity contribution < 1.29 is 9.18 Å². The molecule has 0 unspecified atom stereocenters. The number of carbonyl (C=O) groups excluding carboxylic acids is 1. The lowest BCUT2D eigenvalue weighted by Crippen LogP contribution is -2.13. The average Bonchev–Trinajstić information content (AvgIpc) is 3.39. The number of nitrogens with one attached hydrogen (secondary N) is 1. The molecule has 0 atom stereocenters. The maximum absolute atomic E-state index is 13.9. The van der Waals surface area contributed by atoms with Crippen molar-refractivity contribution in [3.63, 3.8) is 0 Å². The number of hydrogen-bond donors (Lipinski definition) is 1. The van der Waals surface area contributed by atoms with Crippen LogP contribution in [-0.2, 0) is 6.42 Å². The number of amides is 1. The van der Waals surface area contributed by atoms with Crippen LogP contribution < -0.4 is 5.32 Å². The van der Waals surface area contributed by atoms with Gasteiger partial charge >= 0.3 is 0 Å². The third kappa shape index (κ3) is 4.20. The first-order chi connectivity index (χ1) is 14.1. The summed E-state index contributed by atoms with van der Waals surface area (Å²) in [7, 11) is 0. The number of anilines is 1. The lowest BCUT2D eigenvalue weighted by Gasteiger charge is -2.02. The molecule has 0 saturated carbocycles. The van der Waals surface area contributed by atoms with Gasteiger partial charge in [-0.1, -0.05) is 24.3 Å². The molecule has 1 amide bonds. The van der Waals surface area contributed by atoms with Gasteiger partial charge in [-0.25, -0.2) is 14.1 Å². The van der Waals surface area contributed by atoms with Crippen LogP contribution in [0.3, 0.4) is 0 Å². The molecule has 0 spiro atoms. The minimum Gasteiger partial charge on any atom is -0.296 e. The SMILES string of the molecule is N#Cc1ccc(Cc2cnc(NC(=O)c3ccn(-c4ccccc4F)n3)s2)cc1. The van der Waals surface area contributed by atoms with Crippen LogP contribution in [0.2, 0.25) is 0 Å². The molecule has 0 bridgehead atoms. The molecule has 29 heavy (non-hydrogen) atoms. The molecule has 0 radical (unpaired) electrons. The van der Waals surface area contributed by atoms with Gasteiger partial charge in [-0.15, -0.1) is 11.3 Å². The van der Waals surface area contributed by atoms with Gasteiger partial charge < -0.3 is 0 Å². The molecular weight excluding hydrogens is 389 g/mol. The fraction of sp³-hybridized carbons (Fsp3) is 0.0476. The summed E-state index contributed by atoms with van der Waals surface area (Å²) in [5.41, 5.74) is 2.09. The van der Waals surface area contributed by atoms with Crippen molar-refractivity contribution in [1.29, 1.82) is 5.26 Å². The Labute approximate surface area is 169 Å². The van der Waals surface area contributed by atoms with E-state index in [1.54, 1.807) is 36.5 Å². The van der Waals surface area contributed by atoms with Crippen molar-refractivity contribution in [3.8, 4) is 11.8 Å². The van der Waals surface area contributed by atoms with E-state index in [0.29, 0.717) is 17.1 Å². The molecule has 8 heteroatoms. The predicted molar refractivity (Wildman–Crippen MR) is 108 cm³/mol. The van der Waals surface area contributed by atoms with E-state index in [-0.39, 0.29) is 11.4 Å². The number of nitriles is 1. The molecule has 2 aromatic carbocycles. The Kier molecular flexibility index (Phi) is 5.14. The molecule has 2 aromatic heterocycles. The lowest BCUT2D eigenvalue weighted by molar-refractivity contribution is 0.102. The van der Waals surface area contributed by atoms with E-state index in [1.807, 2.05) is 12.1 Å². The zero-order valence-electron chi connectivity index (χ0n) is 15.0. The molecule has 142 valence electrons. The van der Waals surface area contributed by atoms with Crippen molar-refractivity contribution in [3.05, 3.63) is 94.5 Å². The fourth-order valence-electron chi connectivity index (χ4n) is 2.72. The van der Waals surface area contributed by atoms with Crippen LogP contribution in [0.5, 0.6) is 0 Å². The number of benzene rings is 2. The summed E-state index contributed by atoms with van der Waals surface area (Å²) in [5, 5.41) is 16.2. The molecule has 4 aromatic rings. The molecule has 0 aliphatic heterocycles. The van der Waals surface area contributed by atoms with Crippen LogP contribution in [0.15, 0.2) is 67.0 Å². The second-order valence-electron chi connectivity index (χ2n) is 6.17. The van der Waals surface area contributed by atoms with Crippen molar-refractivity contribution in [1.82, 2.24) is 14.8 Å². The first-order valence-corrected chi connectivity index (χ1v) is 9.50. The van der Waals surface area contributed by atoms with Crippen LogP contribution in [0, 0.1) is 17.1 Å².